The van der Waals surface area contributed by atoms with E-state index in [0.717, 1.165) is 62.0 Å². The number of nitrogens with zero attached hydrogens (tertiary/aromatic N) is 3. The topological polar surface area (TPSA) is 39.9 Å². The minimum absolute atomic E-state index is 0.596. The van der Waals surface area contributed by atoms with Crippen molar-refractivity contribution in [3.63, 3.8) is 0 Å². The van der Waals surface area contributed by atoms with E-state index >= 15 is 0 Å². The van der Waals surface area contributed by atoms with Crippen LogP contribution in [0.4, 0.5) is 0 Å². The number of aromatic nitrogens is 3. The predicted molar refractivity (Wildman–Crippen MR) is 179 cm³/mol. The molecule has 4 nitrogen and oxygen atoms in total. The molecule has 4 heterocycles. The summed E-state index contributed by atoms with van der Waals surface area (Å²) in [6.45, 7) is 0. The molecular formula is C41H25N3O. The van der Waals surface area contributed by atoms with Gasteiger partial charge in [0.2, 0.25) is 0 Å². The van der Waals surface area contributed by atoms with Crippen LogP contribution in [0.3, 0.4) is 0 Å². The van der Waals surface area contributed by atoms with Crippen molar-refractivity contribution < 1.29 is 4.74 Å². The van der Waals surface area contributed by atoms with Crippen molar-refractivity contribution in [2.24, 2.45) is 0 Å². The molecule has 5 aromatic carbocycles. The molecular weight excluding hydrogens is 550 g/mol. The Balaban J connectivity index is 1.24. The molecule has 0 radical (unpaired) electrons. The second kappa shape index (κ2) is 9.01. The van der Waals surface area contributed by atoms with Gasteiger partial charge in [0.25, 0.3) is 0 Å². The van der Waals surface area contributed by atoms with E-state index in [1.54, 1.807) is 0 Å². The smallest absolute Gasteiger partial charge is 0.132 e. The summed E-state index contributed by atoms with van der Waals surface area (Å²) in [6, 6.07) is 49.6. The summed E-state index contributed by atoms with van der Waals surface area (Å²) in [6.07, 6.45) is 3.72. The fourth-order valence-electron chi connectivity index (χ4n) is 7.75. The lowest BCUT2D eigenvalue weighted by Gasteiger charge is -2.39. The van der Waals surface area contributed by atoms with Crippen LogP contribution in [-0.4, -0.2) is 14.5 Å². The summed E-state index contributed by atoms with van der Waals surface area (Å²) in [5, 5.41) is 2.46. The predicted octanol–water partition coefficient (Wildman–Crippen LogP) is 9.71. The van der Waals surface area contributed by atoms with Crippen LogP contribution in [-0.2, 0) is 5.41 Å². The third-order valence-electron chi connectivity index (χ3n) is 9.56. The fraction of sp³-hybridized carbons (Fsp3) is 0.0244. The van der Waals surface area contributed by atoms with E-state index < -0.39 is 5.41 Å². The van der Waals surface area contributed by atoms with E-state index in [1.807, 2.05) is 30.6 Å². The van der Waals surface area contributed by atoms with Gasteiger partial charge in [-0.15, -0.1) is 0 Å². The lowest BCUT2D eigenvalue weighted by Crippen LogP contribution is -2.32. The van der Waals surface area contributed by atoms with Crippen LogP contribution in [0, 0.1) is 0 Å². The Labute approximate surface area is 259 Å². The van der Waals surface area contributed by atoms with Crippen LogP contribution in [0.25, 0.3) is 50.0 Å². The molecule has 0 amide bonds. The van der Waals surface area contributed by atoms with Crippen molar-refractivity contribution in [3.05, 3.63) is 174 Å². The van der Waals surface area contributed by atoms with E-state index in [4.69, 9.17) is 14.7 Å². The van der Waals surface area contributed by atoms with E-state index in [-0.39, 0.29) is 0 Å². The monoisotopic (exact) mass is 575 g/mol. The molecule has 0 atom stereocenters. The number of rotatable bonds is 2. The number of ether oxygens (including phenoxy) is 1. The van der Waals surface area contributed by atoms with Crippen LogP contribution in [0.2, 0.25) is 0 Å². The number of pyridine rings is 2. The largest absolute Gasteiger partial charge is 0.457 e. The first-order valence-electron chi connectivity index (χ1n) is 15.2. The van der Waals surface area contributed by atoms with Gasteiger partial charge in [-0.05, 0) is 82.9 Å². The molecule has 1 aliphatic heterocycles. The van der Waals surface area contributed by atoms with Gasteiger partial charge in [0.05, 0.1) is 27.8 Å². The third-order valence-corrected chi connectivity index (χ3v) is 9.56. The second-order valence-electron chi connectivity index (χ2n) is 11.8. The molecule has 1 aliphatic carbocycles. The average molecular weight is 576 g/mol. The van der Waals surface area contributed by atoms with Crippen LogP contribution >= 0.6 is 0 Å². The molecule has 3 aromatic heterocycles. The number of para-hydroxylation sites is 3. The summed E-state index contributed by atoms with van der Waals surface area (Å²) in [4.78, 5) is 9.72. The van der Waals surface area contributed by atoms with Crippen LogP contribution in [0.1, 0.15) is 22.3 Å². The first kappa shape index (κ1) is 24.4. The van der Waals surface area contributed by atoms with Gasteiger partial charge >= 0.3 is 0 Å². The fourth-order valence-corrected chi connectivity index (χ4v) is 7.75. The summed E-state index contributed by atoms with van der Waals surface area (Å²) in [5.74, 6) is 1.71. The average Bonchev–Trinajstić information content (AvgIpc) is 3.60. The highest BCUT2D eigenvalue weighted by atomic mass is 16.5. The molecule has 8 aromatic rings. The van der Waals surface area contributed by atoms with Crippen LogP contribution in [0.5, 0.6) is 11.5 Å². The molecule has 45 heavy (non-hydrogen) atoms. The van der Waals surface area contributed by atoms with E-state index in [9.17, 15) is 0 Å². The second-order valence-corrected chi connectivity index (χ2v) is 11.8. The minimum Gasteiger partial charge on any atom is -0.457 e. The molecule has 10 rings (SSSR count). The summed E-state index contributed by atoms with van der Waals surface area (Å²) in [5.41, 5.74) is 11.6. The van der Waals surface area contributed by atoms with Crippen molar-refractivity contribution >= 4 is 21.8 Å². The number of hydrogen-bond donors (Lipinski definition) is 0. The van der Waals surface area contributed by atoms with Crippen molar-refractivity contribution in [1.29, 1.82) is 0 Å². The quantitative estimate of drug-likeness (QED) is 0.206. The van der Waals surface area contributed by atoms with E-state index in [2.05, 4.69) is 126 Å². The lowest BCUT2D eigenvalue weighted by atomic mass is 9.66. The van der Waals surface area contributed by atoms with E-state index in [1.165, 1.54) is 21.8 Å². The van der Waals surface area contributed by atoms with Gasteiger partial charge < -0.3 is 9.30 Å². The minimum atomic E-state index is -0.596. The maximum absolute atomic E-state index is 6.62. The van der Waals surface area contributed by atoms with Crippen molar-refractivity contribution in [2.45, 2.75) is 5.41 Å². The zero-order chi connectivity index (χ0) is 29.5. The van der Waals surface area contributed by atoms with Gasteiger partial charge in [0.1, 0.15) is 11.5 Å². The molecule has 0 unspecified atom stereocenters. The Morgan fingerprint density at radius 3 is 1.91 bits per heavy atom. The molecule has 0 fully saturated rings. The molecule has 2 aliphatic rings. The first-order valence-corrected chi connectivity index (χ1v) is 15.2. The van der Waals surface area contributed by atoms with Crippen molar-refractivity contribution in [3.8, 4) is 39.7 Å². The van der Waals surface area contributed by atoms with Gasteiger partial charge in [-0.1, -0.05) is 78.9 Å². The summed E-state index contributed by atoms with van der Waals surface area (Å²) in [7, 11) is 0. The molecule has 0 saturated carbocycles. The van der Waals surface area contributed by atoms with Gasteiger partial charge in [-0.25, -0.2) is 0 Å². The number of benzene rings is 5. The summed E-state index contributed by atoms with van der Waals surface area (Å²) < 4.78 is 8.98. The molecule has 1 spiro atoms. The summed E-state index contributed by atoms with van der Waals surface area (Å²) >= 11 is 0. The van der Waals surface area contributed by atoms with Crippen molar-refractivity contribution in [2.75, 3.05) is 0 Å². The Morgan fingerprint density at radius 2 is 1.09 bits per heavy atom. The zero-order valence-corrected chi connectivity index (χ0v) is 24.2. The van der Waals surface area contributed by atoms with Gasteiger partial charge in [0.15, 0.2) is 0 Å². The SMILES string of the molecule is c1ccc(-n2c3ccccc3c3cc(-c4ccc5c(c4)C4(c6ccccc6O5)c5cccnc5-c5ncccc54)ccc32)cc1. The van der Waals surface area contributed by atoms with E-state index in [0.29, 0.717) is 0 Å². The van der Waals surface area contributed by atoms with Crippen LogP contribution < -0.4 is 4.74 Å². The normalized spacial score (nSPS) is 13.7. The highest BCUT2D eigenvalue weighted by Crippen LogP contribution is 2.61. The Morgan fingerprint density at radius 1 is 0.467 bits per heavy atom. The molecule has 4 heteroatoms. The number of fused-ring (bicyclic) bond motifs is 12. The van der Waals surface area contributed by atoms with Gasteiger partial charge in [-0.2, -0.15) is 0 Å². The zero-order valence-electron chi connectivity index (χ0n) is 24.2. The maximum Gasteiger partial charge on any atom is 0.132 e. The highest BCUT2D eigenvalue weighted by molar-refractivity contribution is 6.10. The first-order chi connectivity index (χ1) is 22.3. The Bertz CT molecular complexity index is 2430. The Kier molecular flexibility index (Phi) is 4.89. The lowest BCUT2D eigenvalue weighted by molar-refractivity contribution is 0.436. The Hall–Kier alpha value is -6.00. The van der Waals surface area contributed by atoms with Gasteiger partial charge in [-0.3, -0.25) is 9.97 Å². The standard InChI is InChI=1S/C41H25N3O/c1-2-10-28(11-3-1)44-35-16-6-4-12-29(35)30-24-26(18-20-36(30)44)27-19-21-38-34(25-27)41(31-13-5-7-17-37(31)45-38)32-14-8-22-42-39(32)40-33(41)15-9-23-43-40/h1-25H. The van der Waals surface area contributed by atoms with Crippen molar-refractivity contribution in [1.82, 2.24) is 14.5 Å². The molecule has 0 N–H and O–H groups in total. The molecule has 210 valence electrons. The number of hydrogen-bond acceptors (Lipinski definition) is 3. The van der Waals surface area contributed by atoms with Gasteiger partial charge in [0, 0.05) is 40.0 Å². The molecule has 0 bridgehead atoms. The van der Waals surface area contributed by atoms with Crippen LogP contribution in [0.15, 0.2) is 152 Å². The highest BCUT2D eigenvalue weighted by Gasteiger charge is 2.52. The maximum atomic E-state index is 6.62. The molecule has 0 saturated heterocycles. The third kappa shape index (κ3) is 3.20.